The lowest BCUT2D eigenvalue weighted by atomic mass is 9.98. The van der Waals surface area contributed by atoms with Gasteiger partial charge in [0.1, 0.15) is 0 Å². The van der Waals surface area contributed by atoms with E-state index in [9.17, 15) is 0 Å². The summed E-state index contributed by atoms with van der Waals surface area (Å²) in [5, 5.41) is 4.58. The zero-order chi connectivity index (χ0) is 15.5. The van der Waals surface area contributed by atoms with Crippen molar-refractivity contribution in [2.24, 2.45) is 0 Å². The van der Waals surface area contributed by atoms with Gasteiger partial charge in [0.05, 0.1) is 0 Å². The number of rotatable bonds is 11. The van der Waals surface area contributed by atoms with Crippen LogP contribution in [-0.2, 0) is 0 Å². The van der Waals surface area contributed by atoms with Crippen LogP contribution < -0.4 is 5.32 Å². The molecule has 0 amide bonds. The van der Waals surface area contributed by atoms with Crippen molar-refractivity contribution >= 4 is 11.6 Å². The predicted molar refractivity (Wildman–Crippen MR) is 95.2 cm³/mol. The largest absolute Gasteiger partial charge is 0.310 e. The molecule has 0 aliphatic rings. The summed E-state index contributed by atoms with van der Waals surface area (Å²) in [5.41, 5.74) is 2.50. The molecule has 1 aromatic rings. The normalized spacial score (nSPS) is 12.6. The third-order valence-corrected chi connectivity index (χ3v) is 4.35. The zero-order valence-corrected chi connectivity index (χ0v) is 14.8. The molecule has 0 aliphatic carbocycles. The Morgan fingerprint density at radius 2 is 1.71 bits per heavy atom. The van der Waals surface area contributed by atoms with Gasteiger partial charge in [-0.05, 0) is 43.5 Å². The van der Waals surface area contributed by atoms with Crippen LogP contribution in [0.5, 0.6) is 0 Å². The molecule has 0 bridgehead atoms. The molecule has 0 spiro atoms. The fourth-order valence-corrected chi connectivity index (χ4v) is 3.10. The maximum Gasteiger partial charge on any atom is 0.0456 e. The van der Waals surface area contributed by atoms with Gasteiger partial charge in [-0.2, -0.15) is 0 Å². The zero-order valence-electron chi connectivity index (χ0n) is 14.1. The molecule has 21 heavy (non-hydrogen) atoms. The van der Waals surface area contributed by atoms with Gasteiger partial charge in [-0.15, -0.1) is 0 Å². The molecule has 1 atom stereocenters. The molecule has 1 N–H and O–H groups in total. The van der Waals surface area contributed by atoms with Crippen molar-refractivity contribution in [1.82, 2.24) is 5.32 Å². The van der Waals surface area contributed by atoms with Gasteiger partial charge in [0.25, 0.3) is 0 Å². The Hall–Kier alpha value is -0.530. The minimum Gasteiger partial charge on any atom is -0.310 e. The van der Waals surface area contributed by atoms with Gasteiger partial charge in [0.2, 0.25) is 0 Å². The number of halogens is 1. The Balaban J connectivity index is 2.50. The molecule has 0 saturated heterocycles. The predicted octanol–water partition coefficient (Wildman–Crippen LogP) is 6.44. The first kappa shape index (κ1) is 18.5. The van der Waals surface area contributed by atoms with Crippen LogP contribution in [0.2, 0.25) is 5.02 Å². The van der Waals surface area contributed by atoms with Crippen LogP contribution in [0, 0.1) is 6.92 Å². The minimum atomic E-state index is 0.407. The summed E-state index contributed by atoms with van der Waals surface area (Å²) in [5.74, 6) is 0. The van der Waals surface area contributed by atoms with Gasteiger partial charge >= 0.3 is 0 Å². The van der Waals surface area contributed by atoms with Crippen molar-refractivity contribution in [3.05, 3.63) is 34.3 Å². The quantitative estimate of drug-likeness (QED) is 0.464. The van der Waals surface area contributed by atoms with Gasteiger partial charge in [-0.1, -0.05) is 76.1 Å². The van der Waals surface area contributed by atoms with Crippen molar-refractivity contribution in [3.63, 3.8) is 0 Å². The molecule has 0 saturated carbocycles. The highest BCUT2D eigenvalue weighted by Crippen LogP contribution is 2.28. The molecular weight excluding hydrogens is 278 g/mol. The number of aryl methyl sites for hydroxylation is 1. The third kappa shape index (κ3) is 7.33. The lowest BCUT2D eigenvalue weighted by Crippen LogP contribution is -2.22. The lowest BCUT2D eigenvalue weighted by molar-refractivity contribution is 0.466. The van der Waals surface area contributed by atoms with Crippen LogP contribution in [-0.4, -0.2) is 6.54 Å². The standard InChI is InChI=1S/C19H32ClN/c1-4-6-7-8-9-10-11-19(21-14-5-2)17-13-12-16(3)15-18(17)20/h12-13,15,19,21H,4-11,14H2,1-3H3. The SMILES string of the molecule is CCCCCCCCC(NCCC)c1ccc(C)cc1Cl. The van der Waals surface area contributed by atoms with E-state index in [0.29, 0.717) is 6.04 Å². The second-order valence-corrected chi connectivity index (χ2v) is 6.50. The molecule has 120 valence electrons. The number of hydrogen-bond acceptors (Lipinski definition) is 1. The summed E-state index contributed by atoms with van der Waals surface area (Å²) >= 11 is 6.44. The fraction of sp³-hybridized carbons (Fsp3) is 0.684. The van der Waals surface area contributed by atoms with Gasteiger partial charge in [-0.25, -0.2) is 0 Å². The summed E-state index contributed by atoms with van der Waals surface area (Å²) in [4.78, 5) is 0. The van der Waals surface area contributed by atoms with E-state index in [4.69, 9.17) is 11.6 Å². The summed E-state index contributed by atoms with van der Waals surface area (Å²) < 4.78 is 0. The van der Waals surface area contributed by atoms with Crippen LogP contribution in [0.15, 0.2) is 18.2 Å². The van der Waals surface area contributed by atoms with Crippen LogP contribution in [0.1, 0.15) is 82.4 Å². The fourth-order valence-electron chi connectivity index (χ4n) is 2.73. The van der Waals surface area contributed by atoms with Crippen LogP contribution in [0.4, 0.5) is 0 Å². The van der Waals surface area contributed by atoms with Crippen molar-refractivity contribution in [2.75, 3.05) is 6.54 Å². The van der Waals surface area contributed by atoms with Gasteiger partial charge in [0, 0.05) is 11.1 Å². The Bertz CT molecular complexity index is 389. The topological polar surface area (TPSA) is 12.0 Å². The van der Waals surface area contributed by atoms with E-state index in [0.717, 1.165) is 18.0 Å². The first-order chi connectivity index (χ1) is 10.2. The van der Waals surface area contributed by atoms with E-state index >= 15 is 0 Å². The second kappa shape index (κ2) is 11.1. The highest BCUT2D eigenvalue weighted by atomic mass is 35.5. The van der Waals surface area contributed by atoms with Crippen LogP contribution in [0.3, 0.4) is 0 Å². The minimum absolute atomic E-state index is 0.407. The monoisotopic (exact) mass is 309 g/mol. The summed E-state index contributed by atoms with van der Waals surface area (Å²) in [7, 11) is 0. The highest BCUT2D eigenvalue weighted by molar-refractivity contribution is 6.31. The molecule has 1 unspecified atom stereocenters. The van der Waals surface area contributed by atoms with Crippen molar-refractivity contribution in [1.29, 1.82) is 0 Å². The number of nitrogens with one attached hydrogen (secondary N) is 1. The molecular formula is C19H32ClN. The molecule has 0 radical (unpaired) electrons. The average Bonchev–Trinajstić information content (AvgIpc) is 2.46. The maximum absolute atomic E-state index is 6.44. The van der Waals surface area contributed by atoms with Crippen molar-refractivity contribution < 1.29 is 0 Å². The van der Waals surface area contributed by atoms with Crippen LogP contribution >= 0.6 is 11.6 Å². The molecule has 0 heterocycles. The van der Waals surface area contributed by atoms with E-state index in [1.165, 1.54) is 56.1 Å². The average molecular weight is 310 g/mol. The van der Waals surface area contributed by atoms with Gasteiger partial charge < -0.3 is 5.32 Å². The molecule has 1 rings (SSSR count). The smallest absolute Gasteiger partial charge is 0.0456 e. The van der Waals surface area contributed by atoms with E-state index in [1.54, 1.807) is 0 Å². The Morgan fingerprint density at radius 1 is 1.00 bits per heavy atom. The Labute approximate surface area is 136 Å². The van der Waals surface area contributed by atoms with Crippen molar-refractivity contribution in [3.8, 4) is 0 Å². The maximum atomic E-state index is 6.44. The molecule has 0 aliphatic heterocycles. The molecule has 0 fully saturated rings. The van der Waals surface area contributed by atoms with Crippen LogP contribution in [0.25, 0.3) is 0 Å². The Kier molecular flexibility index (Phi) is 9.78. The van der Waals surface area contributed by atoms with Gasteiger partial charge in [-0.3, -0.25) is 0 Å². The molecule has 1 nitrogen and oxygen atoms in total. The van der Waals surface area contributed by atoms with Crippen molar-refractivity contribution in [2.45, 2.75) is 78.2 Å². The summed E-state index contributed by atoms with van der Waals surface area (Å²) in [6.45, 7) is 7.64. The Morgan fingerprint density at radius 3 is 2.38 bits per heavy atom. The van der Waals surface area contributed by atoms with E-state index in [2.05, 4.69) is 44.3 Å². The number of unbranched alkanes of at least 4 members (excludes halogenated alkanes) is 5. The van der Waals surface area contributed by atoms with Gasteiger partial charge in [0.15, 0.2) is 0 Å². The molecule has 0 aromatic heterocycles. The van der Waals surface area contributed by atoms with E-state index in [-0.39, 0.29) is 0 Å². The first-order valence-corrected chi connectivity index (χ1v) is 9.06. The third-order valence-electron chi connectivity index (χ3n) is 4.02. The molecule has 1 aromatic carbocycles. The number of hydrogen-bond donors (Lipinski definition) is 1. The summed E-state index contributed by atoms with van der Waals surface area (Å²) in [6.07, 6.45) is 10.4. The highest BCUT2D eigenvalue weighted by Gasteiger charge is 2.13. The first-order valence-electron chi connectivity index (χ1n) is 8.68. The van der Waals surface area contributed by atoms with E-state index < -0.39 is 0 Å². The number of benzene rings is 1. The summed E-state index contributed by atoms with van der Waals surface area (Å²) in [6, 6.07) is 6.86. The lowest BCUT2D eigenvalue weighted by Gasteiger charge is -2.20. The second-order valence-electron chi connectivity index (χ2n) is 6.09. The molecule has 2 heteroatoms. The van der Waals surface area contributed by atoms with E-state index in [1.807, 2.05) is 0 Å².